The van der Waals surface area contributed by atoms with E-state index in [9.17, 15) is 4.79 Å². The molecule has 5 nitrogen and oxygen atoms in total. The molecule has 0 amide bonds. The third-order valence-electron chi connectivity index (χ3n) is 10.6. The van der Waals surface area contributed by atoms with Crippen LogP contribution in [0.4, 0.5) is 0 Å². The van der Waals surface area contributed by atoms with Gasteiger partial charge < -0.3 is 17.1 Å². The largest absolute Gasteiger partial charge is 0.469 e. The molecule has 0 aromatic heterocycles. The van der Waals surface area contributed by atoms with Crippen molar-refractivity contribution in [2.24, 2.45) is 0 Å². The van der Waals surface area contributed by atoms with Crippen molar-refractivity contribution in [3.63, 3.8) is 0 Å². The maximum absolute atomic E-state index is 12.2. The second-order valence-corrected chi connectivity index (χ2v) is 36.1. The van der Waals surface area contributed by atoms with E-state index in [0.717, 1.165) is 18.9 Å². The van der Waals surface area contributed by atoms with Crippen LogP contribution in [0.1, 0.15) is 144 Å². The first-order valence-electron chi connectivity index (χ1n) is 17.9. The molecule has 0 unspecified atom stereocenters. The summed E-state index contributed by atoms with van der Waals surface area (Å²) in [5, 5.41) is 0. The summed E-state index contributed by atoms with van der Waals surface area (Å²) in [4.78, 5) is 12.2. The molecular weight excluding hydrogens is 613 g/mol. The van der Waals surface area contributed by atoms with E-state index in [1.807, 2.05) is 0 Å². The van der Waals surface area contributed by atoms with E-state index in [2.05, 4.69) is 131 Å². The second-order valence-electron chi connectivity index (χ2n) is 16.3. The maximum atomic E-state index is 12.2. The first kappa shape index (κ1) is 44.0. The topological polar surface area (TPSA) is 54.0 Å². The molecule has 44 heavy (non-hydrogen) atoms. The van der Waals surface area contributed by atoms with Crippen LogP contribution in [0.5, 0.6) is 0 Å². The van der Waals surface area contributed by atoms with Crippen LogP contribution in [0, 0.1) is 0 Å². The van der Waals surface area contributed by atoms with Crippen LogP contribution in [0.3, 0.4) is 0 Å². The molecule has 0 rings (SSSR count). The molecule has 0 saturated heterocycles. The van der Waals surface area contributed by atoms with Crippen molar-refractivity contribution in [1.82, 2.24) is 0 Å². The highest BCUT2D eigenvalue weighted by Gasteiger charge is 2.63. The number of ether oxygens (including phenoxy) is 1. The minimum atomic E-state index is -3.34. The number of esters is 1. The third kappa shape index (κ3) is 9.75. The Morgan fingerprint density at radius 3 is 0.955 bits per heavy atom. The summed E-state index contributed by atoms with van der Waals surface area (Å²) in [5.41, 5.74) is 4.18. The Morgan fingerprint density at radius 2 is 0.750 bits per heavy atom. The fourth-order valence-corrected chi connectivity index (χ4v) is 39.3. The van der Waals surface area contributed by atoms with Crippen molar-refractivity contribution in [2.75, 3.05) is 6.61 Å². The molecule has 0 aliphatic rings. The molecule has 0 N–H and O–H groups in total. The standard InChI is InChI=1S/C35H76O5Si4/c1-25(2)35(36)37-23-21-22-24-41(38-42(26(3)4,27(5)6)28(7)8,39-43(29(9)10,30(11)12)31(13)14)40-44(32(15)16,33(17)18)34(19)20/h26-34H,1,21-24H2,2-20H3. The van der Waals surface area contributed by atoms with E-state index in [0.29, 0.717) is 62.1 Å². The molecule has 0 aliphatic heterocycles. The van der Waals surface area contributed by atoms with Gasteiger partial charge in [-0.1, -0.05) is 131 Å². The van der Waals surface area contributed by atoms with Gasteiger partial charge in [0.25, 0.3) is 0 Å². The first-order valence-corrected chi connectivity index (χ1v) is 26.2. The zero-order valence-corrected chi connectivity index (χ0v) is 36.8. The fraction of sp³-hybridized carbons (Fsp3) is 0.914. The lowest BCUT2D eigenvalue weighted by atomic mass is 10.3. The Balaban J connectivity index is 7.73. The van der Waals surface area contributed by atoms with Crippen LogP contribution < -0.4 is 0 Å². The zero-order chi connectivity index (χ0) is 35.0. The zero-order valence-electron chi connectivity index (χ0n) is 32.8. The maximum Gasteiger partial charge on any atom is 0.469 e. The van der Waals surface area contributed by atoms with Gasteiger partial charge in [-0.15, -0.1) is 0 Å². The average Bonchev–Trinajstić information content (AvgIpc) is 2.86. The summed E-state index contributed by atoms with van der Waals surface area (Å²) in [6, 6.07) is 0.764. The van der Waals surface area contributed by atoms with Crippen LogP contribution in [-0.4, -0.2) is 46.3 Å². The average molecular weight is 689 g/mol. The summed E-state index contributed by atoms with van der Waals surface area (Å²) in [7, 11) is -10.6. The Bertz CT molecular complexity index is 731. The van der Waals surface area contributed by atoms with Crippen LogP contribution in [-0.2, 0) is 21.9 Å². The van der Waals surface area contributed by atoms with Gasteiger partial charge >= 0.3 is 14.8 Å². The minimum absolute atomic E-state index is 0.320. The monoisotopic (exact) mass is 688 g/mol. The molecule has 9 heteroatoms. The number of hydrogen-bond acceptors (Lipinski definition) is 5. The molecule has 0 bridgehead atoms. The predicted octanol–water partition coefficient (Wildman–Crippen LogP) is 12.4. The normalized spacial score (nSPS) is 14.2. The summed E-state index contributed by atoms with van der Waals surface area (Å²) in [6.45, 7) is 48.5. The lowest BCUT2D eigenvalue weighted by molar-refractivity contribution is -0.139. The van der Waals surface area contributed by atoms with E-state index >= 15 is 0 Å². The van der Waals surface area contributed by atoms with Gasteiger partial charge in [0.15, 0.2) is 25.0 Å². The molecule has 0 fully saturated rings. The fourth-order valence-electron chi connectivity index (χ4n) is 8.82. The van der Waals surface area contributed by atoms with E-state index < -0.39 is 33.8 Å². The van der Waals surface area contributed by atoms with Gasteiger partial charge in [0, 0.05) is 11.6 Å². The lowest BCUT2D eigenvalue weighted by Gasteiger charge is -2.56. The number of rotatable bonds is 21. The van der Waals surface area contributed by atoms with Crippen LogP contribution in [0.15, 0.2) is 12.2 Å². The van der Waals surface area contributed by atoms with Crippen molar-refractivity contribution in [2.45, 2.75) is 200 Å². The molecular formula is C35H76O5Si4. The third-order valence-corrected chi connectivity index (χ3v) is 35.8. The van der Waals surface area contributed by atoms with Crippen LogP contribution in [0.25, 0.3) is 0 Å². The summed E-state index contributed by atoms with van der Waals surface area (Å²) in [6.07, 6.45) is 1.59. The highest BCUT2D eigenvalue weighted by atomic mass is 28.5. The van der Waals surface area contributed by atoms with E-state index in [1.165, 1.54) is 0 Å². The van der Waals surface area contributed by atoms with Gasteiger partial charge in [0.1, 0.15) is 0 Å². The van der Waals surface area contributed by atoms with Crippen molar-refractivity contribution in [1.29, 1.82) is 0 Å². The lowest BCUT2D eigenvalue weighted by Crippen LogP contribution is -2.69. The quantitative estimate of drug-likeness (QED) is 0.0520. The second kappa shape index (κ2) is 17.9. The van der Waals surface area contributed by atoms with Gasteiger partial charge in [-0.3, -0.25) is 0 Å². The van der Waals surface area contributed by atoms with Gasteiger partial charge in [0.2, 0.25) is 0 Å². The SMILES string of the molecule is C=C(C)C(=O)OCCCC[Si](O[Si](C(C)C)(C(C)C)C(C)C)(O[Si](C(C)C)(C(C)C)C(C)C)O[Si](C(C)C)(C(C)C)C(C)C. The first-order chi connectivity index (χ1) is 19.9. The molecule has 0 spiro atoms. The molecule has 0 saturated carbocycles. The smallest absolute Gasteiger partial charge is 0.462 e. The molecule has 262 valence electrons. The van der Waals surface area contributed by atoms with Crippen LogP contribution in [0.2, 0.25) is 55.9 Å². The molecule has 0 atom stereocenters. The Labute approximate surface area is 279 Å². The van der Waals surface area contributed by atoms with Gasteiger partial charge in [0.05, 0.1) is 6.61 Å². The molecule has 0 aromatic carbocycles. The van der Waals surface area contributed by atoms with Crippen molar-refractivity contribution in [3.05, 3.63) is 12.2 Å². The molecule has 0 aliphatic carbocycles. The number of unbranched alkanes of at least 4 members (excludes halogenated alkanes) is 1. The van der Waals surface area contributed by atoms with Crippen molar-refractivity contribution >= 4 is 39.7 Å². The Morgan fingerprint density at radius 1 is 0.500 bits per heavy atom. The van der Waals surface area contributed by atoms with Gasteiger partial charge in [-0.25, -0.2) is 4.79 Å². The van der Waals surface area contributed by atoms with Crippen molar-refractivity contribution < 1.29 is 21.9 Å². The molecule has 0 radical (unpaired) electrons. The number of carbonyl (C=O) groups excluding carboxylic acids is 1. The summed E-state index contributed by atoms with van der Waals surface area (Å²) >= 11 is 0. The van der Waals surface area contributed by atoms with E-state index in [-0.39, 0.29) is 5.97 Å². The summed E-state index contributed by atoms with van der Waals surface area (Å²) in [5.74, 6) is -0.320. The van der Waals surface area contributed by atoms with Gasteiger partial charge in [-0.2, -0.15) is 0 Å². The number of carbonyl (C=O) groups is 1. The van der Waals surface area contributed by atoms with Crippen molar-refractivity contribution in [3.8, 4) is 0 Å². The van der Waals surface area contributed by atoms with Gasteiger partial charge in [-0.05, 0) is 69.6 Å². The Kier molecular flexibility index (Phi) is 17.9. The Hall–Kier alpha value is -0.0425. The summed E-state index contributed by atoms with van der Waals surface area (Å²) < 4.78 is 29.8. The minimum Gasteiger partial charge on any atom is -0.462 e. The highest BCUT2D eigenvalue weighted by Crippen LogP contribution is 2.53. The van der Waals surface area contributed by atoms with Crippen LogP contribution >= 0.6 is 0 Å². The molecule has 0 heterocycles. The highest BCUT2D eigenvalue weighted by molar-refractivity contribution is 6.94. The van der Waals surface area contributed by atoms with E-state index in [4.69, 9.17) is 17.1 Å². The molecule has 0 aromatic rings. The van der Waals surface area contributed by atoms with E-state index in [1.54, 1.807) is 6.92 Å². The predicted molar refractivity (Wildman–Crippen MR) is 202 cm³/mol. The number of hydrogen-bond donors (Lipinski definition) is 0.